The molecule has 1 aromatic carbocycles. The van der Waals surface area contributed by atoms with Gasteiger partial charge >= 0.3 is 0 Å². The molecule has 5 nitrogen and oxygen atoms in total. The van der Waals surface area contributed by atoms with Crippen LogP contribution in [0.4, 0.5) is 11.4 Å². The van der Waals surface area contributed by atoms with Gasteiger partial charge in [-0.15, -0.1) is 0 Å². The number of rotatable bonds is 4. The minimum absolute atomic E-state index is 0.192. The van der Waals surface area contributed by atoms with Crippen LogP contribution in [0.2, 0.25) is 0 Å². The van der Waals surface area contributed by atoms with Crippen molar-refractivity contribution in [1.82, 2.24) is 4.90 Å². The summed E-state index contributed by atoms with van der Waals surface area (Å²) < 4.78 is 0. The third-order valence-electron chi connectivity index (χ3n) is 3.29. The average molecular weight is 258 g/mol. The smallest absolute Gasteiger partial charge is 0.224 e. The number of hydrogen-bond donors (Lipinski definition) is 2. The molecular formula is C14H18N4O. The Morgan fingerprint density at radius 1 is 1.42 bits per heavy atom. The maximum Gasteiger partial charge on any atom is 0.224 e. The molecule has 3 N–H and O–H groups in total. The molecule has 1 fully saturated rings. The Morgan fingerprint density at radius 2 is 2.16 bits per heavy atom. The highest BCUT2D eigenvalue weighted by Gasteiger charge is 2.17. The lowest BCUT2D eigenvalue weighted by molar-refractivity contribution is -0.129. The van der Waals surface area contributed by atoms with Crippen LogP contribution in [-0.4, -0.2) is 30.4 Å². The quantitative estimate of drug-likeness (QED) is 0.803. The van der Waals surface area contributed by atoms with Crippen molar-refractivity contribution in [1.29, 1.82) is 5.26 Å². The number of likely N-dealkylation sites (tertiary alicyclic amines) is 1. The monoisotopic (exact) mass is 258 g/mol. The van der Waals surface area contributed by atoms with E-state index < -0.39 is 0 Å². The molecule has 0 saturated carbocycles. The van der Waals surface area contributed by atoms with Gasteiger partial charge in [0.2, 0.25) is 5.91 Å². The fourth-order valence-electron chi connectivity index (χ4n) is 2.22. The summed E-state index contributed by atoms with van der Waals surface area (Å²) in [6.45, 7) is 2.33. The predicted molar refractivity (Wildman–Crippen MR) is 74.5 cm³/mol. The van der Waals surface area contributed by atoms with Gasteiger partial charge in [0.25, 0.3) is 0 Å². The van der Waals surface area contributed by atoms with E-state index in [2.05, 4.69) is 5.32 Å². The van der Waals surface area contributed by atoms with Crippen molar-refractivity contribution in [3.63, 3.8) is 0 Å². The van der Waals surface area contributed by atoms with E-state index in [1.165, 1.54) is 0 Å². The van der Waals surface area contributed by atoms with E-state index in [1.807, 2.05) is 11.0 Å². The number of hydrogen-bond acceptors (Lipinski definition) is 4. The summed E-state index contributed by atoms with van der Waals surface area (Å²) in [5.74, 6) is 0.192. The number of nitriles is 1. The predicted octanol–water partition coefficient (Wildman–Crippen LogP) is 1.56. The number of nitrogen functional groups attached to an aromatic ring is 1. The molecule has 1 aliphatic heterocycles. The number of nitrogens with zero attached hydrogens (tertiary/aromatic N) is 2. The molecule has 1 aliphatic rings. The molecule has 5 heteroatoms. The van der Waals surface area contributed by atoms with Crippen molar-refractivity contribution in [3.05, 3.63) is 23.8 Å². The van der Waals surface area contributed by atoms with Crippen LogP contribution in [0.5, 0.6) is 0 Å². The summed E-state index contributed by atoms with van der Waals surface area (Å²) in [5.41, 5.74) is 7.67. The van der Waals surface area contributed by atoms with Gasteiger partial charge in [-0.05, 0) is 31.0 Å². The SMILES string of the molecule is N#Cc1ccc(NCCC(=O)N2CCCC2)c(N)c1. The Balaban J connectivity index is 1.82. The molecule has 1 amide bonds. The number of carbonyl (C=O) groups is 1. The Bertz CT molecular complexity index is 501. The number of carbonyl (C=O) groups excluding carboxylic acids is 1. The Hall–Kier alpha value is -2.22. The summed E-state index contributed by atoms with van der Waals surface area (Å²) in [4.78, 5) is 13.7. The number of benzene rings is 1. The lowest BCUT2D eigenvalue weighted by Crippen LogP contribution is -2.29. The van der Waals surface area contributed by atoms with Crippen molar-refractivity contribution >= 4 is 17.3 Å². The second-order valence-corrected chi connectivity index (χ2v) is 4.68. The molecule has 1 aromatic rings. The average Bonchev–Trinajstić information content (AvgIpc) is 2.94. The van der Waals surface area contributed by atoms with Gasteiger partial charge in [0.15, 0.2) is 0 Å². The molecule has 0 aromatic heterocycles. The fourth-order valence-corrected chi connectivity index (χ4v) is 2.22. The molecular weight excluding hydrogens is 240 g/mol. The summed E-state index contributed by atoms with van der Waals surface area (Å²) in [6.07, 6.45) is 2.70. The summed E-state index contributed by atoms with van der Waals surface area (Å²) in [5, 5.41) is 11.9. The van der Waals surface area contributed by atoms with Gasteiger partial charge in [0, 0.05) is 26.1 Å². The van der Waals surface area contributed by atoms with Gasteiger partial charge in [-0.1, -0.05) is 0 Å². The lowest BCUT2D eigenvalue weighted by Gasteiger charge is -2.16. The van der Waals surface area contributed by atoms with Crippen LogP contribution in [0.3, 0.4) is 0 Å². The lowest BCUT2D eigenvalue weighted by atomic mass is 10.2. The Morgan fingerprint density at radius 3 is 2.79 bits per heavy atom. The highest BCUT2D eigenvalue weighted by atomic mass is 16.2. The van der Waals surface area contributed by atoms with E-state index in [0.29, 0.717) is 24.2 Å². The van der Waals surface area contributed by atoms with Crippen LogP contribution in [0, 0.1) is 11.3 Å². The topological polar surface area (TPSA) is 82.2 Å². The van der Waals surface area contributed by atoms with Crippen molar-refractivity contribution in [2.24, 2.45) is 0 Å². The van der Waals surface area contributed by atoms with Gasteiger partial charge in [0.1, 0.15) is 0 Å². The zero-order chi connectivity index (χ0) is 13.7. The minimum Gasteiger partial charge on any atom is -0.397 e. The van der Waals surface area contributed by atoms with E-state index in [9.17, 15) is 4.79 Å². The van der Waals surface area contributed by atoms with Gasteiger partial charge in [-0.2, -0.15) is 5.26 Å². The summed E-state index contributed by atoms with van der Waals surface area (Å²) in [6, 6.07) is 7.15. The number of amides is 1. The van der Waals surface area contributed by atoms with Crippen LogP contribution in [-0.2, 0) is 4.79 Å². The summed E-state index contributed by atoms with van der Waals surface area (Å²) >= 11 is 0. The van der Waals surface area contributed by atoms with E-state index in [1.54, 1.807) is 18.2 Å². The first-order valence-corrected chi connectivity index (χ1v) is 6.52. The zero-order valence-electron chi connectivity index (χ0n) is 10.9. The van der Waals surface area contributed by atoms with E-state index in [-0.39, 0.29) is 5.91 Å². The molecule has 0 aliphatic carbocycles. The highest BCUT2D eigenvalue weighted by Crippen LogP contribution is 2.19. The second-order valence-electron chi connectivity index (χ2n) is 4.68. The maximum atomic E-state index is 11.8. The molecule has 1 saturated heterocycles. The van der Waals surface area contributed by atoms with Crippen molar-refractivity contribution in [3.8, 4) is 6.07 Å². The van der Waals surface area contributed by atoms with Crippen LogP contribution < -0.4 is 11.1 Å². The van der Waals surface area contributed by atoms with E-state index in [4.69, 9.17) is 11.0 Å². The van der Waals surface area contributed by atoms with E-state index >= 15 is 0 Å². The molecule has 100 valence electrons. The molecule has 0 spiro atoms. The fraction of sp³-hybridized carbons (Fsp3) is 0.429. The molecule has 1 heterocycles. The molecule has 0 unspecified atom stereocenters. The molecule has 19 heavy (non-hydrogen) atoms. The first-order valence-electron chi connectivity index (χ1n) is 6.52. The molecule has 0 radical (unpaired) electrons. The van der Waals surface area contributed by atoms with Crippen molar-refractivity contribution in [2.75, 3.05) is 30.7 Å². The highest BCUT2D eigenvalue weighted by molar-refractivity contribution is 5.77. The standard InChI is InChI=1S/C14H18N4O/c15-10-11-3-4-13(12(16)9-11)17-6-5-14(19)18-7-1-2-8-18/h3-4,9,17H,1-2,5-8,16H2. The van der Waals surface area contributed by atoms with Crippen LogP contribution in [0.25, 0.3) is 0 Å². The van der Waals surface area contributed by atoms with Crippen LogP contribution in [0.1, 0.15) is 24.8 Å². The van der Waals surface area contributed by atoms with Crippen molar-refractivity contribution < 1.29 is 4.79 Å². The number of nitrogens with one attached hydrogen (secondary N) is 1. The minimum atomic E-state index is 0.192. The third-order valence-corrected chi connectivity index (χ3v) is 3.29. The zero-order valence-corrected chi connectivity index (χ0v) is 10.9. The van der Waals surface area contributed by atoms with Crippen molar-refractivity contribution in [2.45, 2.75) is 19.3 Å². The largest absolute Gasteiger partial charge is 0.397 e. The van der Waals surface area contributed by atoms with Gasteiger partial charge in [-0.3, -0.25) is 4.79 Å². The Kier molecular flexibility index (Phi) is 4.24. The molecule has 2 rings (SSSR count). The Labute approximate surface area is 113 Å². The van der Waals surface area contributed by atoms with Gasteiger partial charge in [-0.25, -0.2) is 0 Å². The summed E-state index contributed by atoms with van der Waals surface area (Å²) in [7, 11) is 0. The van der Waals surface area contributed by atoms with Crippen LogP contribution >= 0.6 is 0 Å². The second kappa shape index (κ2) is 6.10. The van der Waals surface area contributed by atoms with E-state index in [0.717, 1.165) is 31.6 Å². The first-order chi connectivity index (χ1) is 9.20. The molecule has 0 bridgehead atoms. The molecule has 0 atom stereocenters. The number of nitrogens with two attached hydrogens (primary N) is 1. The van der Waals surface area contributed by atoms with Gasteiger partial charge < -0.3 is 16.0 Å². The third kappa shape index (κ3) is 3.38. The van der Waals surface area contributed by atoms with Crippen LogP contribution in [0.15, 0.2) is 18.2 Å². The number of anilines is 2. The normalized spacial score (nSPS) is 14.2. The first kappa shape index (κ1) is 13.2. The maximum absolute atomic E-state index is 11.8. The van der Waals surface area contributed by atoms with Gasteiger partial charge in [0.05, 0.1) is 23.0 Å².